The fraction of sp³-hybridized carbons (Fsp3) is 0.241. The van der Waals surface area contributed by atoms with E-state index in [1.165, 1.54) is 17.7 Å². The largest absolute Gasteiger partial charge is 0.400 e. The number of H-pyrrole nitrogens is 1. The summed E-state index contributed by atoms with van der Waals surface area (Å²) < 4.78 is 13.7. The highest BCUT2D eigenvalue weighted by Crippen LogP contribution is 2.45. The lowest BCUT2D eigenvalue weighted by molar-refractivity contribution is 0.0988. The van der Waals surface area contributed by atoms with E-state index >= 15 is 0 Å². The van der Waals surface area contributed by atoms with Crippen LogP contribution in [0.15, 0.2) is 78.9 Å². The summed E-state index contributed by atoms with van der Waals surface area (Å²) in [7, 11) is 1.00. The Morgan fingerprint density at radius 1 is 0.914 bits per heavy atom. The van der Waals surface area contributed by atoms with Crippen molar-refractivity contribution in [2.45, 2.75) is 39.7 Å². The maximum atomic E-state index is 13.7. The highest BCUT2D eigenvalue weighted by Gasteiger charge is 2.43. The maximum absolute atomic E-state index is 13.7. The van der Waals surface area contributed by atoms with Gasteiger partial charge >= 0.3 is 0 Å². The number of aromatic amines is 1. The van der Waals surface area contributed by atoms with Gasteiger partial charge in [0.1, 0.15) is 11.5 Å². The minimum atomic E-state index is -0.401. The average Bonchev–Trinajstić information content (AvgIpc) is 3.46. The van der Waals surface area contributed by atoms with E-state index in [0.29, 0.717) is 11.6 Å². The topological polar surface area (TPSA) is 69.2 Å². The van der Waals surface area contributed by atoms with E-state index in [9.17, 15) is 9.18 Å². The average molecular weight is 474 g/mol. The van der Waals surface area contributed by atoms with E-state index in [1.54, 1.807) is 17.0 Å². The van der Waals surface area contributed by atoms with Crippen LogP contribution in [0, 0.1) is 5.82 Å². The fourth-order valence-electron chi connectivity index (χ4n) is 4.21. The molecule has 0 saturated carbocycles. The number of halogens is 1. The summed E-state index contributed by atoms with van der Waals surface area (Å²) in [6.45, 7) is 8.28. The number of benzene rings is 3. The first-order chi connectivity index (χ1) is 17.0. The number of hydrogen-bond acceptors (Lipinski definition) is 3. The highest BCUT2D eigenvalue weighted by molar-refractivity contribution is 6.11. The lowest BCUT2D eigenvalue weighted by atomic mass is 9.95. The predicted octanol–water partition coefficient (Wildman–Crippen LogP) is 6.72. The Bertz CT molecular complexity index is 1230. The Hall–Kier alpha value is -3.77. The van der Waals surface area contributed by atoms with Crippen molar-refractivity contribution in [3.63, 3.8) is 0 Å². The van der Waals surface area contributed by atoms with Crippen molar-refractivity contribution in [1.82, 2.24) is 10.2 Å². The van der Waals surface area contributed by atoms with Crippen molar-refractivity contribution in [3.8, 4) is 11.3 Å². The molecule has 0 aliphatic carbocycles. The second-order valence-corrected chi connectivity index (χ2v) is 8.10. The first-order valence-corrected chi connectivity index (χ1v) is 11.8. The molecule has 5 nitrogen and oxygen atoms in total. The molecule has 35 heavy (non-hydrogen) atoms. The van der Waals surface area contributed by atoms with Crippen LogP contribution in [-0.4, -0.2) is 28.3 Å². The van der Waals surface area contributed by atoms with Gasteiger partial charge in [0.15, 0.2) is 0 Å². The number of amides is 1. The number of anilines is 1. The number of nitrogens with one attached hydrogen (secondary N) is 1. The Kier molecular flexibility index (Phi) is 8.55. The molecule has 4 aromatic rings. The Balaban J connectivity index is 0.000000815. The standard InChI is InChI=1S/C26H22FN3O.C2H6.CH4O/c1-16(2)17-10-14-21(15-11-17)30-25(19-8-12-20(27)13-9-19)22-23(18-6-4-3-5-7-18)28-29-24(22)26(30)31;2*1-2/h3-16,25H,1-2H3,(H,28,29);1-2H3;2H,1H3. The summed E-state index contributed by atoms with van der Waals surface area (Å²) in [6, 6.07) is 23.8. The zero-order valence-corrected chi connectivity index (χ0v) is 20.8. The van der Waals surface area contributed by atoms with E-state index in [4.69, 9.17) is 5.11 Å². The van der Waals surface area contributed by atoms with E-state index in [1.807, 2.05) is 56.3 Å². The smallest absolute Gasteiger partial charge is 0.277 e. The number of carbonyl (C=O) groups excluding carboxylic acids is 1. The fourth-order valence-corrected chi connectivity index (χ4v) is 4.21. The molecule has 1 aliphatic rings. The minimum Gasteiger partial charge on any atom is -0.400 e. The van der Waals surface area contributed by atoms with E-state index in [-0.39, 0.29) is 11.7 Å². The number of fused-ring (bicyclic) bond motifs is 1. The summed E-state index contributed by atoms with van der Waals surface area (Å²) in [5.41, 5.74) is 5.79. The van der Waals surface area contributed by atoms with Crippen molar-refractivity contribution in [1.29, 1.82) is 0 Å². The van der Waals surface area contributed by atoms with Gasteiger partial charge in [-0.3, -0.25) is 14.8 Å². The molecule has 6 heteroatoms. The third-order valence-corrected chi connectivity index (χ3v) is 5.84. The van der Waals surface area contributed by atoms with Crippen LogP contribution in [0.5, 0.6) is 0 Å². The second-order valence-electron chi connectivity index (χ2n) is 8.10. The molecule has 3 aromatic carbocycles. The van der Waals surface area contributed by atoms with Gasteiger partial charge in [-0.15, -0.1) is 0 Å². The number of nitrogens with zero attached hydrogens (tertiary/aromatic N) is 2. The molecular weight excluding hydrogens is 441 g/mol. The first kappa shape index (κ1) is 25.8. The summed E-state index contributed by atoms with van der Waals surface area (Å²) in [5.74, 6) is -0.0502. The first-order valence-electron chi connectivity index (χ1n) is 11.8. The van der Waals surface area contributed by atoms with Crippen LogP contribution in [0.3, 0.4) is 0 Å². The third kappa shape index (κ3) is 5.03. The summed E-state index contributed by atoms with van der Waals surface area (Å²) in [6.07, 6.45) is 0. The van der Waals surface area contributed by atoms with Gasteiger partial charge in [0, 0.05) is 23.9 Å². The van der Waals surface area contributed by atoms with Crippen LogP contribution in [0.25, 0.3) is 11.3 Å². The molecule has 0 fully saturated rings. The Morgan fingerprint density at radius 3 is 2.09 bits per heavy atom. The summed E-state index contributed by atoms with van der Waals surface area (Å²) in [5, 5.41) is 14.4. The molecule has 2 heterocycles. The molecule has 2 N–H and O–H groups in total. The van der Waals surface area contributed by atoms with Crippen molar-refractivity contribution >= 4 is 11.6 Å². The van der Waals surface area contributed by atoms with Crippen LogP contribution in [0.1, 0.15) is 66.8 Å². The zero-order valence-electron chi connectivity index (χ0n) is 20.8. The summed E-state index contributed by atoms with van der Waals surface area (Å²) >= 11 is 0. The van der Waals surface area contributed by atoms with Gasteiger partial charge in [0.2, 0.25) is 0 Å². The van der Waals surface area contributed by atoms with Crippen molar-refractivity contribution in [3.05, 3.63) is 107 Å². The van der Waals surface area contributed by atoms with Gasteiger partial charge in [-0.25, -0.2) is 4.39 Å². The number of aromatic nitrogens is 2. The highest BCUT2D eigenvalue weighted by atomic mass is 19.1. The van der Waals surface area contributed by atoms with Crippen LogP contribution >= 0.6 is 0 Å². The second kappa shape index (κ2) is 11.6. The van der Waals surface area contributed by atoms with E-state index in [0.717, 1.165) is 35.2 Å². The van der Waals surface area contributed by atoms with Crippen LogP contribution in [0.4, 0.5) is 10.1 Å². The van der Waals surface area contributed by atoms with Gasteiger partial charge in [-0.2, -0.15) is 5.10 Å². The number of rotatable bonds is 4. The predicted molar refractivity (Wildman–Crippen MR) is 139 cm³/mol. The quantitative estimate of drug-likeness (QED) is 0.345. The molecular formula is C29H32FN3O2. The zero-order chi connectivity index (χ0) is 25.5. The van der Waals surface area contributed by atoms with Gasteiger partial charge in [-0.1, -0.05) is 82.3 Å². The number of hydrogen-bond donors (Lipinski definition) is 2. The van der Waals surface area contributed by atoms with E-state index in [2.05, 4.69) is 36.2 Å². The van der Waals surface area contributed by atoms with Gasteiger partial charge in [0.05, 0.1) is 11.7 Å². The maximum Gasteiger partial charge on any atom is 0.277 e. The lowest BCUT2D eigenvalue weighted by Gasteiger charge is -2.27. The van der Waals surface area contributed by atoms with Gasteiger partial charge < -0.3 is 5.11 Å². The number of aliphatic hydroxyl groups is 1. The SMILES string of the molecule is CC.CC(C)c1ccc(N2C(=O)c3[nH]nc(-c4ccccc4)c3C2c2ccc(F)cc2)cc1.CO. The molecule has 0 bridgehead atoms. The summed E-state index contributed by atoms with van der Waals surface area (Å²) in [4.78, 5) is 15.3. The molecule has 1 amide bonds. The Morgan fingerprint density at radius 2 is 1.51 bits per heavy atom. The molecule has 182 valence electrons. The molecule has 1 atom stereocenters. The van der Waals surface area contributed by atoms with Crippen molar-refractivity contribution in [2.24, 2.45) is 0 Å². The molecule has 0 saturated heterocycles. The number of aliphatic hydroxyl groups excluding tert-OH is 1. The molecule has 1 unspecified atom stereocenters. The molecule has 1 aliphatic heterocycles. The van der Waals surface area contributed by atoms with Crippen molar-refractivity contribution in [2.75, 3.05) is 12.0 Å². The van der Waals surface area contributed by atoms with Crippen LogP contribution in [0.2, 0.25) is 0 Å². The van der Waals surface area contributed by atoms with Crippen LogP contribution in [-0.2, 0) is 0 Å². The number of carbonyl (C=O) groups is 1. The van der Waals surface area contributed by atoms with E-state index < -0.39 is 6.04 Å². The van der Waals surface area contributed by atoms with Gasteiger partial charge in [-0.05, 0) is 41.3 Å². The third-order valence-electron chi connectivity index (χ3n) is 5.84. The van der Waals surface area contributed by atoms with Crippen molar-refractivity contribution < 1.29 is 14.3 Å². The van der Waals surface area contributed by atoms with Crippen LogP contribution < -0.4 is 4.90 Å². The molecule has 0 spiro atoms. The monoisotopic (exact) mass is 473 g/mol. The minimum absolute atomic E-state index is 0.142. The normalized spacial score (nSPS) is 14.1. The molecule has 5 rings (SSSR count). The molecule has 1 aromatic heterocycles. The molecule has 0 radical (unpaired) electrons. The lowest BCUT2D eigenvalue weighted by Crippen LogP contribution is -2.29. The van der Waals surface area contributed by atoms with Gasteiger partial charge in [0.25, 0.3) is 5.91 Å². The Labute approximate surface area is 206 Å².